The van der Waals surface area contributed by atoms with Gasteiger partial charge < -0.3 is 59.5 Å². The lowest BCUT2D eigenvalue weighted by Gasteiger charge is -2.36. The number of nitrogens with one attached hydrogen (secondary N) is 3. The minimum atomic E-state index is -1.91. The first-order valence-corrected chi connectivity index (χ1v) is 30.0. The average molecular weight is 1330 g/mol. The van der Waals surface area contributed by atoms with Gasteiger partial charge in [0.2, 0.25) is 11.9 Å². The standard InChI is InChI=1S/C31H36F2N8O4.C24H26F2N6O3.C7H11BrN2O/c1-30(2,42)17-40-16-21(15-35-40)39-10-6-9-31(33,18-39)28-37-27-23-11-20(32)12-25(45-5)26(23)36-29(41(27)38-28)34-14-19-7-8-22(43-3)13-24(19)44-4;1-33-16-6-5-14(18(11-16)34-2)12-28-23-29-20-17(9-15(25)10-19(20)35-3)21-30-22(31-32(21)23)24(26)7-4-8-27-13-24;1-7(2,11)5-10-4-6(8)3-9-10/h7-8,11-13,15-16,42H,6,9-10,14,17-18H2,1-5H3,(H,34,36);5-6,9-11,27H,4,7-8,12-13H2,1-3H3,(H,28,29);3-4,11H,5H2,1-2H3. The molecule has 5 N–H and O–H groups in total. The number of halogens is 5. The lowest BCUT2D eigenvalue weighted by Crippen LogP contribution is -2.44. The van der Waals surface area contributed by atoms with E-state index in [1.54, 1.807) is 96.2 Å². The third-order valence-corrected chi connectivity index (χ3v) is 15.6. The van der Waals surface area contributed by atoms with Gasteiger partial charge in [-0.05, 0) is 112 Å². The topological polar surface area (TPSA) is 257 Å². The van der Waals surface area contributed by atoms with E-state index in [0.717, 1.165) is 27.8 Å². The normalized spacial score (nSPS) is 16.9. The van der Waals surface area contributed by atoms with Crippen LogP contribution in [0.25, 0.3) is 33.1 Å². The second-order valence-corrected chi connectivity index (χ2v) is 24.3. The quantitative estimate of drug-likeness (QED) is 0.0472. The summed E-state index contributed by atoms with van der Waals surface area (Å²) in [5.41, 5.74) is -1.63. The zero-order valence-electron chi connectivity index (χ0n) is 52.1. The van der Waals surface area contributed by atoms with Gasteiger partial charge in [0.15, 0.2) is 34.3 Å². The number of alkyl halides is 2. The van der Waals surface area contributed by atoms with Crippen LogP contribution >= 0.6 is 15.9 Å². The van der Waals surface area contributed by atoms with Crippen molar-refractivity contribution < 1.29 is 56.2 Å². The van der Waals surface area contributed by atoms with Gasteiger partial charge in [0.1, 0.15) is 57.2 Å². The average Bonchev–Trinajstić information content (AvgIpc) is 1.65. The summed E-state index contributed by atoms with van der Waals surface area (Å²) < 4.78 is 101. The number of hydrogen-bond donors (Lipinski definition) is 5. The third-order valence-electron chi connectivity index (χ3n) is 15.2. The van der Waals surface area contributed by atoms with Crippen molar-refractivity contribution in [1.82, 2.24) is 64.0 Å². The molecule has 29 heteroatoms. The number of hydrogen-bond acceptors (Lipinski definition) is 20. The Kier molecular flexibility index (Phi) is 19.3. The van der Waals surface area contributed by atoms with Crippen molar-refractivity contribution in [2.45, 2.75) is 102 Å². The summed E-state index contributed by atoms with van der Waals surface area (Å²) in [6.07, 6.45) is 8.70. The highest BCUT2D eigenvalue weighted by atomic mass is 79.9. The number of rotatable bonds is 19. The summed E-state index contributed by atoms with van der Waals surface area (Å²) in [5.74, 6) is 2.52. The van der Waals surface area contributed by atoms with Crippen LogP contribution in [0, 0.1) is 11.6 Å². The van der Waals surface area contributed by atoms with Gasteiger partial charge in [-0.15, -0.1) is 10.2 Å². The van der Waals surface area contributed by atoms with Crippen LogP contribution in [0.3, 0.4) is 0 Å². The molecule has 2 aliphatic heterocycles. The van der Waals surface area contributed by atoms with Crippen LogP contribution in [0.2, 0.25) is 0 Å². The lowest BCUT2D eigenvalue weighted by atomic mass is 9.93. The molecule has 2 fully saturated rings. The minimum absolute atomic E-state index is 0.00700. The Hall–Kier alpha value is -8.80. The molecule has 2 unspecified atom stereocenters. The SMILES string of the molecule is CC(C)(O)Cn1cc(Br)cn1.COc1ccc(CNc2nc3c(OC)cc(F)cc3c3nc(C4(F)CCCN(c5cnn(CC(C)(C)O)c5)C4)nn23)c(OC)c1.COc1ccc(CNc2nc3c(OC)cc(F)cc3c3nc(C4(F)CCCNC4)nn23)c(OC)c1. The first kappa shape index (κ1) is 65.2. The molecular formula is C62H73BrF4N16O8. The van der Waals surface area contributed by atoms with E-state index in [9.17, 15) is 19.0 Å². The molecule has 2 atom stereocenters. The number of ether oxygens (including phenoxy) is 6. The van der Waals surface area contributed by atoms with Crippen LogP contribution in [0.4, 0.5) is 35.1 Å². The van der Waals surface area contributed by atoms with Gasteiger partial charge in [-0.1, -0.05) is 0 Å². The first-order valence-electron chi connectivity index (χ1n) is 29.2. The Labute approximate surface area is 529 Å². The van der Waals surface area contributed by atoms with Crippen molar-refractivity contribution >= 4 is 66.6 Å². The van der Waals surface area contributed by atoms with E-state index in [1.165, 1.54) is 47.5 Å². The molecule has 0 amide bonds. The smallest absolute Gasteiger partial charge is 0.226 e. The minimum Gasteiger partial charge on any atom is -0.497 e. The van der Waals surface area contributed by atoms with Crippen molar-refractivity contribution in [3.8, 4) is 34.5 Å². The Bertz CT molecular complexity index is 4200. The van der Waals surface area contributed by atoms with Gasteiger partial charge in [-0.2, -0.15) is 19.2 Å². The number of fused-ring (bicyclic) bond motifs is 6. The maximum absolute atomic E-state index is 16.9. The maximum atomic E-state index is 16.9. The Morgan fingerprint density at radius 3 is 1.54 bits per heavy atom. The fourth-order valence-electron chi connectivity index (χ4n) is 10.9. The largest absolute Gasteiger partial charge is 0.497 e. The highest BCUT2D eigenvalue weighted by Crippen LogP contribution is 2.40. The van der Waals surface area contributed by atoms with Gasteiger partial charge >= 0.3 is 0 Å². The predicted octanol–water partition coefficient (Wildman–Crippen LogP) is 9.51. The number of benzene rings is 4. The zero-order chi connectivity index (χ0) is 65.0. The van der Waals surface area contributed by atoms with E-state index in [0.29, 0.717) is 96.2 Å². The molecule has 6 aromatic heterocycles. The van der Waals surface area contributed by atoms with E-state index in [2.05, 4.69) is 67.2 Å². The molecule has 0 bridgehead atoms. The van der Waals surface area contributed by atoms with E-state index >= 15 is 8.78 Å². The molecule has 91 heavy (non-hydrogen) atoms. The van der Waals surface area contributed by atoms with E-state index < -0.39 is 34.2 Å². The molecule has 0 aliphatic carbocycles. The molecule has 12 rings (SSSR count). The van der Waals surface area contributed by atoms with Crippen molar-refractivity contribution in [1.29, 1.82) is 0 Å². The number of anilines is 3. The van der Waals surface area contributed by atoms with Gasteiger partial charge in [0, 0.05) is 74.0 Å². The van der Waals surface area contributed by atoms with Crippen LogP contribution in [0.1, 0.15) is 76.2 Å². The maximum Gasteiger partial charge on any atom is 0.226 e. The van der Waals surface area contributed by atoms with E-state index in [1.807, 2.05) is 35.4 Å². The summed E-state index contributed by atoms with van der Waals surface area (Å²) in [7, 11) is 9.18. The van der Waals surface area contributed by atoms with Gasteiger partial charge in [0.05, 0.1) is 107 Å². The number of aromatic nitrogens is 12. The van der Waals surface area contributed by atoms with E-state index in [-0.39, 0.29) is 66.4 Å². The van der Waals surface area contributed by atoms with Gasteiger partial charge in [0.25, 0.3) is 0 Å². The molecule has 10 aromatic rings. The van der Waals surface area contributed by atoms with Crippen molar-refractivity contribution in [2.24, 2.45) is 0 Å². The van der Waals surface area contributed by atoms with Crippen LogP contribution < -0.4 is 49.3 Å². The molecule has 0 saturated carbocycles. The first-order chi connectivity index (χ1) is 43.4. The third kappa shape index (κ3) is 14.8. The number of methoxy groups -OCH3 is 6. The molecule has 484 valence electrons. The molecule has 2 aliphatic rings. The molecule has 0 radical (unpaired) electrons. The van der Waals surface area contributed by atoms with Crippen LogP contribution in [-0.4, -0.2) is 149 Å². The number of aliphatic hydroxyl groups is 2. The summed E-state index contributed by atoms with van der Waals surface area (Å²) in [5, 5.41) is 47.3. The van der Waals surface area contributed by atoms with Crippen LogP contribution in [0.15, 0.2) is 89.9 Å². The highest BCUT2D eigenvalue weighted by molar-refractivity contribution is 9.10. The zero-order valence-corrected chi connectivity index (χ0v) is 53.7. The fraction of sp³-hybridized carbons (Fsp3) is 0.419. The molecular weight excluding hydrogens is 1250 g/mol. The summed E-state index contributed by atoms with van der Waals surface area (Å²) in [6.45, 7) is 9.79. The van der Waals surface area contributed by atoms with Crippen LogP contribution in [-0.2, 0) is 37.5 Å². The van der Waals surface area contributed by atoms with Crippen molar-refractivity contribution in [2.75, 3.05) is 84.4 Å². The second-order valence-electron chi connectivity index (χ2n) is 23.4. The Balaban J connectivity index is 0.000000175. The molecule has 2 saturated heterocycles. The molecule has 4 aromatic carbocycles. The molecule has 24 nitrogen and oxygen atoms in total. The summed E-state index contributed by atoms with van der Waals surface area (Å²) >= 11 is 3.27. The van der Waals surface area contributed by atoms with Gasteiger partial charge in [-0.3, -0.25) is 9.36 Å². The van der Waals surface area contributed by atoms with Crippen molar-refractivity contribution in [3.63, 3.8) is 0 Å². The fourth-order valence-corrected chi connectivity index (χ4v) is 11.2. The lowest BCUT2D eigenvalue weighted by molar-refractivity contribution is 0.0571. The predicted molar refractivity (Wildman–Crippen MR) is 337 cm³/mol. The highest BCUT2D eigenvalue weighted by Gasteiger charge is 2.43. The molecule has 0 spiro atoms. The van der Waals surface area contributed by atoms with E-state index in [4.69, 9.17) is 33.4 Å². The van der Waals surface area contributed by atoms with Crippen molar-refractivity contribution in [3.05, 3.63) is 124 Å². The number of piperidine rings is 2. The summed E-state index contributed by atoms with van der Waals surface area (Å²) in [4.78, 5) is 20.5. The van der Waals surface area contributed by atoms with Crippen LogP contribution in [0.5, 0.6) is 34.5 Å². The summed E-state index contributed by atoms with van der Waals surface area (Å²) in [6, 6.07) is 16.0. The molecule has 8 heterocycles. The second kappa shape index (κ2) is 27.0. The monoisotopic (exact) mass is 1320 g/mol. The Morgan fingerprint density at radius 2 is 1.09 bits per heavy atom. The van der Waals surface area contributed by atoms with Gasteiger partial charge in [-0.25, -0.2) is 37.5 Å². The Morgan fingerprint density at radius 1 is 0.604 bits per heavy atom. The number of nitrogens with zero attached hydrogens (tertiary/aromatic N) is 13.